The van der Waals surface area contributed by atoms with E-state index < -0.39 is 12.1 Å². The molecule has 0 saturated carbocycles. The average Bonchev–Trinajstić information content (AvgIpc) is 2.37. The minimum absolute atomic E-state index is 0.177. The van der Waals surface area contributed by atoms with E-state index in [1.54, 1.807) is 0 Å². The van der Waals surface area contributed by atoms with Crippen LogP contribution in [0.2, 0.25) is 0 Å². The lowest BCUT2D eigenvalue weighted by atomic mass is 9.97. The van der Waals surface area contributed by atoms with Crippen molar-refractivity contribution in [1.82, 2.24) is 9.80 Å². The number of nitrogens with two attached hydrogens (primary N) is 1. The van der Waals surface area contributed by atoms with Crippen LogP contribution in [0.4, 0.5) is 13.2 Å². The largest absolute Gasteiger partial charge is 0.393 e. The normalized spacial score (nSPS) is 28.7. The zero-order chi connectivity index (χ0) is 13.9. The Labute approximate surface area is 112 Å². The quantitative estimate of drug-likeness (QED) is 0.853. The number of rotatable bonds is 3. The number of hydrogen-bond donors (Lipinski definition) is 1. The van der Waals surface area contributed by atoms with Gasteiger partial charge in [-0.3, -0.25) is 0 Å². The lowest BCUT2D eigenvalue weighted by molar-refractivity contribution is -0.186. The predicted molar refractivity (Wildman–Crippen MR) is 68.9 cm³/mol. The Hall–Kier alpha value is -0.330. The number of piperidine rings is 2. The Balaban J connectivity index is 1.71. The second kappa shape index (κ2) is 6.41. The lowest BCUT2D eigenvalue weighted by Gasteiger charge is -2.36. The summed E-state index contributed by atoms with van der Waals surface area (Å²) in [5.41, 5.74) is 5.84. The summed E-state index contributed by atoms with van der Waals surface area (Å²) in [5.74, 6) is -1.13. The van der Waals surface area contributed by atoms with Gasteiger partial charge >= 0.3 is 6.18 Å². The summed E-state index contributed by atoms with van der Waals surface area (Å²) in [7, 11) is 0. The molecule has 2 fully saturated rings. The highest BCUT2D eigenvalue weighted by Crippen LogP contribution is 2.32. The number of halogens is 3. The van der Waals surface area contributed by atoms with Crippen LogP contribution in [0.25, 0.3) is 0 Å². The fraction of sp³-hybridized carbons (Fsp3) is 1.00. The van der Waals surface area contributed by atoms with Crippen LogP contribution in [-0.2, 0) is 0 Å². The van der Waals surface area contributed by atoms with Crippen molar-refractivity contribution in [3.8, 4) is 0 Å². The topological polar surface area (TPSA) is 32.5 Å². The van der Waals surface area contributed by atoms with Gasteiger partial charge in [-0.2, -0.15) is 13.2 Å². The van der Waals surface area contributed by atoms with E-state index in [1.807, 2.05) is 4.90 Å². The molecule has 1 unspecified atom stereocenters. The molecule has 2 saturated heterocycles. The molecule has 19 heavy (non-hydrogen) atoms. The van der Waals surface area contributed by atoms with Crippen molar-refractivity contribution in [2.24, 2.45) is 11.7 Å². The second-order valence-electron chi connectivity index (χ2n) is 5.86. The molecule has 3 nitrogen and oxygen atoms in total. The van der Waals surface area contributed by atoms with E-state index in [9.17, 15) is 13.2 Å². The molecule has 6 heteroatoms. The first-order valence-electron chi connectivity index (χ1n) is 7.22. The summed E-state index contributed by atoms with van der Waals surface area (Å²) in [4.78, 5) is 4.29. The first-order chi connectivity index (χ1) is 8.95. The molecule has 2 rings (SSSR count). The van der Waals surface area contributed by atoms with Crippen LogP contribution in [-0.4, -0.2) is 61.3 Å². The van der Waals surface area contributed by atoms with E-state index in [0.717, 1.165) is 45.6 Å². The second-order valence-corrected chi connectivity index (χ2v) is 5.86. The Morgan fingerprint density at radius 1 is 0.947 bits per heavy atom. The Kier molecular flexibility index (Phi) is 5.09. The maximum Gasteiger partial charge on any atom is 0.393 e. The van der Waals surface area contributed by atoms with Crippen molar-refractivity contribution in [3.05, 3.63) is 0 Å². The summed E-state index contributed by atoms with van der Waals surface area (Å²) in [6.45, 7) is 4.57. The van der Waals surface area contributed by atoms with Gasteiger partial charge in [0.2, 0.25) is 0 Å². The molecule has 2 heterocycles. The summed E-state index contributed by atoms with van der Waals surface area (Å²) >= 11 is 0. The maximum atomic E-state index is 12.7. The van der Waals surface area contributed by atoms with Gasteiger partial charge in [-0.1, -0.05) is 0 Å². The Morgan fingerprint density at radius 3 is 2.21 bits per heavy atom. The fourth-order valence-electron chi connectivity index (χ4n) is 2.99. The molecule has 0 aromatic heterocycles. The zero-order valence-corrected chi connectivity index (χ0v) is 11.3. The molecule has 112 valence electrons. The Bertz CT molecular complexity index is 275. The van der Waals surface area contributed by atoms with E-state index in [1.165, 1.54) is 0 Å². The first-order valence-corrected chi connectivity index (χ1v) is 7.22. The van der Waals surface area contributed by atoms with Crippen LogP contribution in [0.3, 0.4) is 0 Å². The van der Waals surface area contributed by atoms with Gasteiger partial charge in [-0.15, -0.1) is 0 Å². The van der Waals surface area contributed by atoms with Gasteiger partial charge in [0.25, 0.3) is 0 Å². The predicted octanol–water partition coefficient (Wildman–Crippen LogP) is 1.68. The number of nitrogens with zero attached hydrogens (tertiary/aromatic N) is 2. The number of likely N-dealkylation sites (tertiary alicyclic amines) is 2. The van der Waals surface area contributed by atoms with Crippen molar-refractivity contribution in [2.75, 3.05) is 39.3 Å². The van der Waals surface area contributed by atoms with Crippen molar-refractivity contribution >= 4 is 0 Å². The van der Waals surface area contributed by atoms with E-state index in [-0.39, 0.29) is 6.54 Å². The molecule has 2 N–H and O–H groups in total. The van der Waals surface area contributed by atoms with Gasteiger partial charge in [0.15, 0.2) is 0 Å². The molecular formula is C13H24F3N3. The van der Waals surface area contributed by atoms with Crippen LogP contribution in [0, 0.1) is 5.92 Å². The smallest absolute Gasteiger partial charge is 0.328 e. The van der Waals surface area contributed by atoms with Crippen LogP contribution < -0.4 is 5.73 Å². The molecule has 1 atom stereocenters. The van der Waals surface area contributed by atoms with Gasteiger partial charge < -0.3 is 15.5 Å². The van der Waals surface area contributed by atoms with Crippen LogP contribution >= 0.6 is 0 Å². The van der Waals surface area contributed by atoms with Gasteiger partial charge in [0.05, 0.1) is 5.92 Å². The molecule has 0 radical (unpaired) electrons. The number of hydrogen-bond acceptors (Lipinski definition) is 3. The highest BCUT2D eigenvalue weighted by atomic mass is 19.4. The van der Waals surface area contributed by atoms with Crippen molar-refractivity contribution in [2.45, 2.75) is 37.9 Å². The standard InChI is InChI=1S/C13H24F3N3/c14-13(15,16)11-2-1-5-19(10-11)9-8-18-6-3-12(17)4-7-18/h11-12H,1-10,17H2. The molecule has 0 aromatic carbocycles. The highest BCUT2D eigenvalue weighted by molar-refractivity contribution is 4.80. The summed E-state index contributed by atoms with van der Waals surface area (Å²) in [6, 6.07) is 0.306. The lowest BCUT2D eigenvalue weighted by Crippen LogP contribution is -2.46. The van der Waals surface area contributed by atoms with Crippen LogP contribution in [0.15, 0.2) is 0 Å². The molecule has 2 aliphatic heterocycles. The molecule has 0 aromatic rings. The summed E-state index contributed by atoms with van der Waals surface area (Å²) in [6.07, 6.45) is -1.07. The monoisotopic (exact) mass is 279 g/mol. The third-order valence-corrected chi connectivity index (χ3v) is 4.33. The molecule has 0 amide bonds. The van der Waals surface area contributed by atoms with E-state index in [4.69, 9.17) is 5.73 Å². The van der Waals surface area contributed by atoms with Crippen molar-refractivity contribution < 1.29 is 13.2 Å². The average molecular weight is 279 g/mol. The zero-order valence-electron chi connectivity index (χ0n) is 11.3. The minimum Gasteiger partial charge on any atom is -0.328 e. The van der Waals surface area contributed by atoms with Gasteiger partial charge in [0, 0.05) is 25.7 Å². The SMILES string of the molecule is NC1CCN(CCN2CCCC(C(F)(F)F)C2)CC1. The van der Waals surface area contributed by atoms with Crippen LogP contribution in [0.1, 0.15) is 25.7 Å². The molecule has 0 bridgehead atoms. The Morgan fingerprint density at radius 2 is 1.58 bits per heavy atom. The third kappa shape index (κ3) is 4.61. The van der Waals surface area contributed by atoms with Gasteiger partial charge in [0.1, 0.15) is 0 Å². The maximum absolute atomic E-state index is 12.7. The van der Waals surface area contributed by atoms with E-state index >= 15 is 0 Å². The van der Waals surface area contributed by atoms with E-state index in [0.29, 0.717) is 18.9 Å². The molecular weight excluding hydrogens is 255 g/mol. The number of alkyl halides is 3. The third-order valence-electron chi connectivity index (χ3n) is 4.33. The van der Waals surface area contributed by atoms with Crippen molar-refractivity contribution in [3.63, 3.8) is 0 Å². The van der Waals surface area contributed by atoms with Gasteiger partial charge in [-0.05, 0) is 45.3 Å². The van der Waals surface area contributed by atoms with E-state index in [2.05, 4.69) is 4.90 Å². The first kappa shape index (κ1) is 15.1. The van der Waals surface area contributed by atoms with Crippen molar-refractivity contribution in [1.29, 1.82) is 0 Å². The highest BCUT2D eigenvalue weighted by Gasteiger charge is 2.41. The molecule has 2 aliphatic rings. The fourth-order valence-corrected chi connectivity index (χ4v) is 2.99. The minimum atomic E-state index is -4.03. The summed E-state index contributed by atoms with van der Waals surface area (Å²) < 4.78 is 38.1. The molecule has 0 aliphatic carbocycles. The summed E-state index contributed by atoms with van der Waals surface area (Å²) in [5, 5.41) is 0. The van der Waals surface area contributed by atoms with Crippen LogP contribution in [0.5, 0.6) is 0 Å². The molecule has 0 spiro atoms. The van der Waals surface area contributed by atoms with Gasteiger partial charge in [-0.25, -0.2) is 0 Å².